The summed E-state index contributed by atoms with van der Waals surface area (Å²) in [5.41, 5.74) is 5.79. The highest BCUT2D eigenvalue weighted by Gasteiger charge is 2.11. The largest absolute Gasteiger partial charge is 0.389 e. The molecule has 0 aliphatic rings. The molecule has 0 bridgehead atoms. The summed E-state index contributed by atoms with van der Waals surface area (Å²) in [4.78, 5) is 12.1. The van der Waals surface area contributed by atoms with Gasteiger partial charge < -0.3 is 15.7 Å². The number of hydrogen-bond donors (Lipinski definition) is 2. The topological polar surface area (TPSA) is 66.6 Å². The summed E-state index contributed by atoms with van der Waals surface area (Å²) in [6.45, 7) is 1.51. The van der Waals surface area contributed by atoms with E-state index in [4.69, 9.17) is 5.73 Å². The zero-order valence-corrected chi connectivity index (χ0v) is 9.27. The molecule has 1 unspecified atom stereocenters. The summed E-state index contributed by atoms with van der Waals surface area (Å²) >= 11 is 0. The van der Waals surface area contributed by atoms with Crippen molar-refractivity contribution in [3.05, 3.63) is 29.6 Å². The minimum atomic E-state index is -0.718. The number of carbonyl (C=O) groups is 1. The van der Waals surface area contributed by atoms with Gasteiger partial charge in [0.05, 0.1) is 18.3 Å². The highest BCUT2D eigenvalue weighted by atomic mass is 19.1. The third-order valence-electron chi connectivity index (χ3n) is 2.26. The van der Waals surface area contributed by atoms with E-state index in [0.29, 0.717) is 5.56 Å². The van der Waals surface area contributed by atoms with Crippen LogP contribution < -0.4 is 10.6 Å². The van der Waals surface area contributed by atoms with Crippen LogP contribution in [-0.2, 0) is 4.79 Å². The first-order valence-corrected chi connectivity index (χ1v) is 4.88. The van der Waals surface area contributed by atoms with Crippen molar-refractivity contribution < 1.29 is 14.3 Å². The van der Waals surface area contributed by atoms with E-state index in [9.17, 15) is 14.3 Å². The van der Waals surface area contributed by atoms with Crippen LogP contribution >= 0.6 is 0 Å². The van der Waals surface area contributed by atoms with Crippen molar-refractivity contribution in [3.63, 3.8) is 0 Å². The molecule has 0 radical (unpaired) electrons. The van der Waals surface area contributed by atoms with E-state index >= 15 is 0 Å². The monoisotopic (exact) mass is 226 g/mol. The Morgan fingerprint density at radius 2 is 2.25 bits per heavy atom. The van der Waals surface area contributed by atoms with Crippen LogP contribution in [-0.4, -0.2) is 24.6 Å². The Kier molecular flexibility index (Phi) is 3.84. The lowest BCUT2D eigenvalue weighted by atomic mass is 10.1. The number of nitrogens with two attached hydrogens (primary N) is 1. The van der Waals surface area contributed by atoms with Gasteiger partial charge in [-0.15, -0.1) is 0 Å². The van der Waals surface area contributed by atoms with Gasteiger partial charge in [-0.05, 0) is 24.6 Å². The molecule has 1 rings (SSSR count). The van der Waals surface area contributed by atoms with Gasteiger partial charge in [-0.1, -0.05) is 6.07 Å². The number of hydrogen-bond acceptors (Lipinski definition) is 3. The van der Waals surface area contributed by atoms with E-state index in [1.54, 1.807) is 20.0 Å². The summed E-state index contributed by atoms with van der Waals surface area (Å²) in [6, 6.07) is 4.37. The van der Waals surface area contributed by atoms with Gasteiger partial charge in [-0.2, -0.15) is 0 Å². The molecule has 0 saturated carbocycles. The fourth-order valence-electron chi connectivity index (χ4n) is 1.41. The number of aliphatic hydroxyl groups excluding tert-OH is 1. The summed E-state index contributed by atoms with van der Waals surface area (Å²) < 4.78 is 13.6. The first-order chi connectivity index (χ1) is 7.41. The Bertz CT molecular complexity index is 394. The highest BCUT2D eigenvalue weighted by Crippen LogP contribution is 2.22. The maximum absolute atomic E-state index is 13.6. The molecule has 0 saturated heterocycles. The van der Waals surface area contributed by atoms with E-state index in [1.165, 1.54) is 17.0 Å². The van der Waals surface area contributed by atoms with Crippen LogP contribution in [0.25, 0.3) is 0 Å². The summed E-state index contributed by atoms with van der Waals surface area (Å²) in [6.07, 6.45) is -0.718. The summed E-state index contributed by atoms with van der Waals surface area (Å²) in [7, 11) is 1.57. The molecule has 4 nitrogen and oxygen atoms in total. The van der Waals surface area contributed by atoms with Gasteiger partial charge in [-0.25, -0.2) is 4.39 Å². The van der Waals surface area contributed by atoms with E-state index < -0.39 is 17.8 Å². The molecule has 1 aromatic carbocycles. The predicted octanol–water partition coefficient (Wildman–Crippen LogP) is 0.801. The molecule has 88 valence electrons. The Morgan fingerprint density at radius 3 is 2.69 bits per heavy atom. The van der Waals surface area contributed by atoms with Crippen molar-refractivity contribution in [2.75, 3.05) is 18.5 Å². The lowest BCUT2D eigenvalue weighted by Crippen LogP contribution is -2.31. The molecule has 1 atom stereocenters. The SMILES string of the molecule is CC(O)c1ccc(N(C)CC(N)=O)c(F)c1. The molecule has 1 aromatic rings. The number of amides is 1. The second kappa shape index (κ2) is 4.94. The fraction of sp³-hybridized carbons (Fsp3) is 0.364. The quantitative estimate of drug-likeness (QED) is 0.798. The molecule has 0 spiro atoms. The van der Waals surface area contributed by atoms with Crippen LogP contribution in [0.2, 0.25) is 0 Å². The number of likely N-dealkylation sites (N-methyl/N-ethyl adjacent to an activating group) is 1. The lowest BCUT2D eigenvalue weighted by Gasteiger charge is -2.18. The van der Waals surface area contributed by atoms with Crippen LogP contribution in [0.1, 0.15) is 18.6 Å². The van der Waals surface area contributed by atoms with Gasteiger partial charge in [0.1, 0.15) is 5.82 Å². The number of halogens is 1. The molecular formula is C11H15FN2O2. The third kappa shape index (κ3) is 2.93. The molecule has 0 heterocycles. The van der Waals surface area contributed by atoms with Gasteiger partial charge in [0, 0.05) is 7.05 Å². The highest BCUT2D eigenvalue weighted by molar-refractivity contribution is 5.79. The van der Waals surface area contributed by atoms with Crippen molar-refractivity contribution in [3.8, 4) is 0 Å². The molecule has 0 aliphatic carbocycles. The number of benzene rings is 1. The van der Waals surface area contributed by atoms with Crippen molar-refractivity contribution in [1.82, 2.24) is 0 Å². The molecule has 5 heteroatoms. The Balaban J connectivity index is 2.94. The van der Waals surface area contributed by atoms with Crippen molar-refractivity contribution in [2.24, 2.45) is 5.73 Å². The van der Waals surface area contributed by atoms with Crippen LogP contribution in [0.3, 0.4) is 0 Å². The van der Waals surface area contributed by atoms with Gasteiger partial charge in [0.15, 0.2) is 0 Å². The first-order valence-electron chi connectivity index (χ1n) is 4.88. The third-order valence-corrected chi connectivity index (χ3v) is 2.26. The van der Waals surface area contributed by atoms with Crippen molar-refractivity contribution >= 4 is 11.6 Å². The molecule has 16 heavy (non-hydrogen) atoms. The van der Waals surface area contributed by atoms with E-state index in [1.807, 2.05) is 0 Å². The van der Waals surface area contributed by atoms with Gasteiger partial charge in [0.25, 0.3) is 0 Å². The Labute approximate surface area is 93.5 Å². The molecule has 0 aliphatic heterocycles. The van der Waals surface area contributed by atoms with Crippen LogP contribution in [0.15, 0.2) is 18.2 Å². The molecule has 3 N–H and O–H groups in total. The van der Waals surface area contributed by atoms with Gasteiger partial charge in [-0.3, -0.25) is 4.79 Å². The van der Waals surface area contributed by atoms with Crippen molar-refractivity contribution in [2.45, 2.75) is 13.0 Å². The predicted molar refractivity (Wildman–Crippen MR) is 59.5 cm³/mol. The average Bonchev–Trinajstić information content (AvgIpc) is 2.15. The molecule has 0 fully saturated rings. The normalized spacial score (nSPS) is 12.2. The first kappa shape index (κ1) is 12.4. The van der Waals surface area contributed by atoms with E-state index in [-0.39, 0.29) is 12.2 Å². The molecule has 0 aromatic heterocycles. The van der Waals surface area contributed by atoms with Gasteiger partial charge in [0.2, 0.25) is 5.91 Å². The second-order valence-corrected chi connectivity index (χ2v) is 3.71. The Morgan fingerprint density at radius 1 is 1.62 bits per heavy atom. The zero-order valence-electron chi connectivity index (χ0n) is 9.27. The number of primary amides is 1. The summed E-state index contributed by atoms with van der Waals surface area (Å²) in [5, 5.41) is 9.27. The van der Waals surface area contributed by atoms with Crippen LogP contribution in [0.5, 0.6) is 0 Å². The maximum Gasteiger partial charge on any atom is 0.236 e. The number of rotatable bonds is 4. The van der Waals surface area contributed by atoms with Crippen molar-refractivity contribution in [1.29, 1.82) is 0 Å². The molecular weight excluding hydrogens is 211 g/mol. The van der Waals surface area contributed by atoms with E-state index in [2.05, 4.69) is 0 Å². The van der Waals surface area contributed by atoms with Crippen LogP contribution in [0.4, 0.5) is 10.1 Å². The maximum atomic E-state index is 13.6. The number of aliphatic hydroxyl groups is 1. The number of anilines is 1. The lowest BCUT2D eigenvalue weighted by molar-refractivity contribution is -0.116. The summed E-state index contributed by atoms with van der Waals surface area (Å²) in [5.74, 6) is -1.01. The Hall–Kier alpha value is -1.62. The number of nitrogens with zero attached hydrogens (tertiary/aromatic N) is 1. The van der Waals surface area contributed by atoms with Gasteiger partial charge >= 0.3 is 0 Å². The van der Waals surface area contributed by atoms with E-state index in [0.717, 1.165) is 0 Å². The number of carbonyl (C=O) groups excluding carboxylic acids is 1. The second-order valence-electron chi connectivity index (χ2n) is 3.71. The average molecular weight is 226 g/mol. The van der Waals surface area contributed by atoms with Crippen LogP contribution in [0, 0.1) is 5.82 Å². The minimum absolute atomic E-state index is 0.0506. The minimum Gasteiger partial charge on any atom is -0.389 e. The standard InChI is InChI=1S/C11H15FN2O2/c1-7(15)8-3-4-10(9(12)5-8)14(2)6-11(13)16/h3-5,7,15H,6H2,1-2H3,(H2,13,16). The smallest absolute Gasteiger partial charge is 0.236 e. The fourth-order valence-corrected chi connectivity index (χ4v) is 1.41. The molecule has 1 amide bonds. The zero-order chi connectivity index (χ0) is 12.3.